The number of hydrogen-bond acceptors (Lipinski definition) is 2. The Hall–Kier alpha value is -0.860. The van der Waals surface area contributed by atoms with Crippen molar-refractivity contribution >= 4 is 0 Å². The molecule has 0 atom stereocenters. The molecule has 0 amide bonds. The van der Waals surface area contributed by atoms with E-state index in [2.05, 4.69) is 44.7 Å². The third-order valence-corrected chi connectivity index (χ3v) is 3.28. The predicted octanol–water partition coefficient (Wildman–Crippen LogP) is 3.20. The first kappa shape index (κ1) is 15.2. The van der Waals surface area contributed by atoms with E-state index in [1.165, 1.54) is 22.3 Å². The molecule has 0 spiro atoms. The molecule has 0 unspecified atom stereocenters. The molecule has 0 bridgehead atoms. The van der Waals surface area contributed by atoms with Gasteiger partial charge >= 0.3 is 0 Å². The monoisotopic (exact) mass is 249 g/mol. The third-order valence-electron chi connectivity index (χ3n) is 3.28. The van der Waals surface area contributed by atoms with E-state index in [9.17, 15) is 5.11 Å². The molecule has 0 saturated carbocycles. The molecular formula is C16H27NO. The van der Waals surface area contributed by atoms with Gasteiger partial charge in [0.1, 0.15) is 0 Å². The van der Waals surface area contributed by atoms with Crippen molar-refractivity contribution in [1.29, 1.82) is 0 Å². The summed E-state index contributed by atoms with van der Waals surface area (Å²) in [6.45, 7) is 14.9. The molecule has 1 rings (SSSR count). The van der Waals surface area contributed by atoms with Crippen LogP contribution in [0.2, 0.25) is 0 Å². The smallest absolute Gasteiger partial charge is 0.0718 e. The molecule has 0 heterocycles. The minimum Gasteiger partial charge on any atom is -0.389 e. The van der Waals surface area contributed by atoms with Crippen molar-refractivity contribution in [1.82, 2.24) is 4.90 Å². The summed E-state index contributed by atoms with van der Waals surface area (Å²) in [5.74, 6) is 0. The number of aryl methyl sites for hydroxylation is 3. The Kier molecular flexibility index (Phi) is 4.94. The number of hydrogen-bond donors (Lipinski definition) is 1. The van der Waals surface area contributed by atoms with Crippen molar-refractivity contribution in [2.45, 2.75) is 53.7 Å². The van der Waals surface area contributed by atoms with Gasteiger partial charge in [-0.05, 0) is 57.9 Å². The second-order valence-corrected chi connectivity index (χ2v) is 5.99. The molecule has 0 saturated heterocycles. The Morgan fingerprint density at radius 3 is 2.00 bits per heavy atom. The van der Waals surface area contributed by atoms with Gasteiger partial charge in [-0.15, -0.1) is 0 Å². The summed E-state index contributed by atoms with van der Waals surface area (Å²) in [6.07, 6.45) is 0. The van der Waals surface area contributed by atoms with E-state index in [4.69, 9.17) is 0 Å². The van der Waals surface area contributed by atoms with E-state index in [0.717, 1.165) is 13.1 Å². The summed E-state index contributed by atoms with van der Waals surface area (Å²) >= 11 is 0. The zero-order valence-corrected chi connectivity index (χ0v) is 12.7. The topological polar surface area (TPSA) is 23.5 Å². The van der Waals surface area contributed by atoms with Crippen LogP contribution in [0.1, 0.15) is 43.0 Å². The number of benzene rings is 1. The van der Waals surface area contributed by atoms with E-state index in [1.54, 1.807) is 0 Å². The first-order valence-corrected chi connectivity index (χ1v) is 6.74. The van der Waals surface area contributed by atoms with Gasteiger partial charge in [0.25, 0.3) is 0 Å². The zero-order chi connectivity index (χ0) is 13.9. The molecule has 0 aliphatic carbocycles. The van der Waals surface area contributed by atoms with Gasteiger partial charge in [0.05, 0.1) is 5.60 Å². The molecule has 18 heavy (non-hydrogen) atoms. The second-order valence-electron chi connectivity index (χ2n) is 5.99. The van der Waals surface area contributed by atoms with Crippen LogP contribution in [0.15, 0.2) is 12.1 Å². The first-order valence-electron chi connectivity index (χ1n) is 6.74. The van der Waals surface area contributed by atoms with Gasteiger partial charge in [-0.1, -0.05) is 24.6 Å². The van der Waals surface area contributed by atoms with Gasteiger partial charge in [0, 0.05) is 13.1 Å². The van der Waals surface area contributed by atoms with Crippen LogP contribution >= 0.6 is 0 Å². The zero-order valence-electron chi connectivity index (χ0n) is 12.7. The highest BCUT2D eigenvalue weighted by molar-refractivity contribution is 5.37. The van der Waals surface area contributed by atoms with Gasteiger partial charge in [-0.3, -0.25) is 4.90 Å². The highest BCUT2D eigenvalue weighted by Gasteiger charge is 2.18. The van der Waals surface area contributed by atoms with E-state index in [1.807, 2.05) is 13.8 Å². The van der Waals surface area contributed by atoms with Crippen LogP contribution in [0.4, 0.5) is 0 Å². The van der Waals surface area contributed by atoms with E-state index in [-0.39, 0.29) is 0 Å². The molecule has 102 valence electrons. The van der Waals surface area contributed by atoms with Crippen molar-refractivity contribution in [3.63, 3.8) is 0 Å². The molecule has 1 N–H and O–H groups in total. The van der Waals surface area contributed by atoms with Crippen molar-refractivity contribution < 1.29 is 5.11 Å². The van der Waals surface area contributed by atoms with Gasteiger partial charge in [0.2, 0.25) is 0 Å². The van der Waals surface area contributed by atoms with E-state index in [0.29, 0.717) is 6.54 Å². The van der Waals surface area contributed by atoms with Gasteiger partial charge < -0.3 is 5.11 Å². The van der Waals surface area contributed by atoms with Crippen LogP contribution in [-0.4, -0.2) is 28.7 Å². The number of nitrogens with zero attached hydrogens (tertiary/aromatic N) is 1. The molecule has 2 heteroatoms. The van der Waals surface area contributed by atoms with Crippen LogP contribution in [0, 0.1) is 20.8 Å². The standard InChI is InChI=1S/C16H27NO/c1-7-17(11-16(5,6)18)10-15-13(3)8-12(2)9-14(15)4/h8-9,18H,7,10-11H2,1-6H3. The summed E-state index contributed by atoms with van der Waals surface area (Å²) in [6, 6.07) is 4.47. The Morgan fingerprint density at radius 2 is 1.61 bits per heavy atom. The number of rotatable bonds is 5. The van der Waals surface area contributed by atoms with Crippen molar-refractivity contribution in [3.05, 3.63) is 34.4 Å². The van der Waals surface area contributed by atoms with Crippen LogP contribution in [0.3, 0.4) is 0 Å². The Balaban J connectivity index is 2.89. The fourth-order valence-electron chi connectivity index (χ4n) is 2.51. The SMILES string of the molecule is CCN(Cc1c(C)cc(C)cc1C)CC(C)(C)O. The second kappa shape index (κ2) is 5.85. The minimum absolute atomic E-state index is 0.636. The Morgan fingerprint density at radius 1 is 1.11 bits per heavy atom. The summed E-state index contributed by atoms with van der Waals surface area (Å²) in [4.78, 5) is 2.30. The van der Waals surface area contributed by atoms with Crippen molar-refractivity contribution in [2.24, 2.45) is 0 Å². The Bertz CT molecular complexity index is 381. The number of aliphatic hydroxyl groups is 1. The van der Waals surface area contributed by atoms with Gasteiger partial charge in [-0.25, -0.2) is 0 Å². The lowest BCUT2D eigenvalue weighted by molar-refractivity contribution is 0.0352. The lowest BCUT2D eigenvalue weighted by Gasteiger charge is -2.29. The van der Waals surface area contributed by atoms with Crippen LogP contribution in [0.25, 0.3) is 0 Å². The van der Waals surface area contributed by atoms with Gasteiger partial charge in [-0.2, -0.15) is 0 Å². The normalized spacial score (nSPS) is 12.2. The third kappa shape index (κ3) is 4.43. The van der Waals surface area contributed by atoms with Crippen molar-refractivity contribution in [3.8, 4) is 0 Å². The minimum atomic E-state index is -0.636. The maximum absolute atomic E-state index is 9.94. The summed E-state index contributed by atoms with van der Waals surface area (Å²) < 4.78 is 0. The van der Waals surface area contributed by atoms with Crippen molar-refractivity contribution in [2.75, 3.05) is 13.1 Å². The molecule has 1 aromatic carbocycles. The molecule has 0 aliphatic rings. The fraction of sp³-hybridized carbons (Fsp3) is 0.625. The molecule has 0 aliphatic heterocycles. The molecular weight excluding hydrogens is 222 g/mol. The molecule has 0 fully saturated rings. The average Bonchev–Trinajstić information content (AvgIpc) is 2.19. The molecule has 1 aromatic rings. The van der Waals surface area contributed by atoms with E-state index >= 15 is 0 Å². The van der Waals surface area contributed by atoms with Gasteiger partial charge in [0.15, 0.2) is 0 Å². The largest absolute Gasteiger partial charge is 0.389 e. The maximum Gasteiger partial charge on any atom is 0.0718 e. The van der Waals surface area contributed by atoms with Crippen LogP contribution in [0.5, 0.6) is 0 Å². The van der Waals surface area contributed by atoms with Crippen LogP contribution in [-0.2, 0) is 6.54 Å². The molecule has 0 radical (unpaired) electrons. The average molecular weight is 249 g/mol. The summed E-state index contributed by atoms with van der Waals surface area (Å²) in [5, 5.41) is 9.94. The molecule has 0 aromatic heterocycles. The lowest BCUT2D eigenvalue weighted by atomic mass is 9.99. The Labute approximate surface area is 112 Å². The summed E-state index contributed by atoms with van der Waals surface area (Å²) in [7, 11) is 0. The predicted molar refractivity (Wildman–Crippen MR) is 77.9 cm³/mol. The highest BCUT2D eigenvalue weighted by atomic mass is 16.3. The summed E-state index contributed by atoms with van der Waals surface area (Å²) in [5.41, 5.74) is 4.78. The lowest BCUT2D eigenvalue weighted by Crippen LogP contribution is -2.38. The number of likely N-dealkylation sites (N-methyl/N-ethyl adjacent to an activating group) is 1. The van der Waals surface area contributed by atoms with E-state index < -0.39 is 5.60 Å². The molecule has 2 nitrogen and oxygen atoms in total. The highest BCUT2D eigenvalue weighted by Crippen LogP contribution is 2.19. The van der Waals surface area contributed by atoms with Crippen LogP contribution < -0.4 is 0 Å². The quantitative estimate of drug-likeness (QED) is 0.866. The maximum atomic E-state index is 9.94. The fourth-order valence-corrected chi connectivity index (χ4v) is 2.51. The first-order chi connectivity index (χ1) is 8.23.